The second-order valence-electron chi connectivity index (χ2n) is 6.16. The normalized spacial score (nSPS) is 17.1. The molecule has 1 fully saturated rings. The van der Waals surface area contributed by atoms with E-state index in [1.165, 1.54) is 17.5 Å². The van der Waals surface area contributed by atoms with Crippen molar-refractivity contribution in [3.05, 3.63) is 29.3 Å². The number of ether oxygens (including phenoxy) is 1. The van der Waals surface area contributed by atoms with Crippen molar-refractivity contribution in [1.82, 2.24) is 4.90 Å². The highest BCUT2D eigenvalue weighted by atomic mass is 16.5. The van der Waals surface area contributed by atoms with Crippen LogP contribution in [-0.2, 0) is 0 Å². The Morgan fingerprint density at radius 1 is 1.10 bits per heavy atom. The van der Waals surface area contributed by atoms with Gasteiger partial charge in [-0.15, -0.1) is 0 Å². The van der Waals surface area contributed by atoms with E-state index in [9.17, 15) is 0 Å². The highest BCUT2D eigenvalue weighted by Gasteiger charge is 2.21. The third-order valence-electron chi connectivity index (χ3n) is 4.36. The fraction of sp³-hybridized carbons (Fsp3) is 0.667. The number of rotatable bonds is 7. The monoisotopic (exact) mass is 291 g/mol. The number of likely N-dealkylation sites (tertiary alicyclic amines) is 1. The van der Waals surface area contributed by atoms with E-state index < -0.39 is 0 Å². The maximum atomic E-state index is 8.79. The zero-order chi connectivity index (χ0) is 15.1. The van der Waals surface area contributed by atoms with Gasteiger partial charge >= 0.3 is 0 Å². The van der Waals surface area contributed by atoms with Gasteiger partial charge in [0.2, 0.25) is 0 Å². The average molecular weight is 291 g/mol. The maximum absolute atomic E-state index is 8.79. The van der Waals surface area contributed by atoms with Crippen molar-refractivity contribution >= 4 is 0 Å². The summed E-state index contributed by atoms with van der Waals surface area (Å²) < 4.78 is 6.25. The number of benzene rings is 1. The third-order valence-corrected chi connectivity index (χ3v) is 4.36. The molecule has 3 nitrogen and oxygen atoms in total. The Kier molecular flexibility index (Phi) is 6.52. The first-order valence-corrected chi connectivity index (χ1v) is 8.27. The molecular weight excluding hydrogens is 262 g/mol. The fourth-order valence-electron chi connectivity index (χ4n) is 3.03. The van der Waals surface area contributed by atoms with E-state index in [2.05, 4.69) is 36.9 Å². The Balaban J connectivity index is 1.74. The van der Waals surface area contributed by atoms with Gasteiger partial charge in [0.15, 0.2) is 0 Å². The van der Waals surface area contributed by atoms with E-state index in [1.54, 1.807) is 0 Å². The molecule has 0 amide bonds. The SMILES string of the molecule is Cc1cccc(C)c1OC1CCN(CCCCCO)CC1. The summed E-state index contributed by atoms with van der Waals surface area (Å²) in [6.45, 7) is 8.00. The van der Waals surface area contributed by atoms with Gasteiger partial charge in [-0.2, -0.15) is 0 Å². The summed E-state index contributed by atoms with van der Waals surface area (Å²) in [5, 5.41) is 8.79. The van der Waals surface area contributed by atoms with Gasteiger partial charge in [0.05, 0.1) is 0 Å². The van der Waals surface area contributed by atoms with Crippen molar-refractivity contribution in [2.75, 3.05) is 26.2 Å². The lowest BCUT2D eigenvalue weighted by Crippen LogP contribution is -2.38. The number of unbranched alkanes of at least 4 members (excludes halogenated alkanes) is 2. The highest BCUT2D eigenvalue weighted by Crippen LogP contribution is 2.26. The van der Waals surface area contributed by atoms with Gasteiger partial charge in [-0.05, 0) is 63.6 Å². The van der Waals surface area contributed by atoms with Gasteiger partial charge in [0, 0.05) is 19.7 Å². The first-order valence-electron chi connectivity index (χ1n) is 8.27. The van der Waals surface area contributed by atoms with Crippen LogP contribution in [0.15, 0.2) is 18.2 Å². The predicted molar refractivity (Wildman–Crippen MR) is 86.9 cm³/mol. The summed E-state index contributed by atoms with van der Waals surface area (Å²) in [4.78, 5) is 2.53. The first kappa shape index (κ1) is 16.3. The van der Waals surface area contributed by atoms with Crippen LogP contribution in [0.4, 0.5) is 0 Å². The summed E-state index contributed by atoms with van der Waals surface area (Å²) in [5.74, 6) is 1.08. The van der Waals surface area contributed by atoms with Crippen LogP contribution < -0.4 is 4.74 Å². The fourth-order valence-corrected chi connectivity index (χ4v) is 3.03. The second kappa shape index (κ2) is 8.40. The van der Waals surface area contributed by atoms with E-state index in [0.29, 0.717) is 12.7 Å². The minimum Gasteiger partial charge on any atom is -0.490 e. The Morgan fingerprint density at radius 3 is 2.38 bits per heavy atom. The molecule has 0 aromatic heterocycles. The van der Waals surface area contributed by atoms with Crippen molar-refractivity contribution in [1.29, 1.82) is 0 Å². The lowest BCUT2D eigenvalue weighted by atomic mass is 10.1. The molecule has 21 heavy (non-hydrogen) atoms. The summed E-state index contributed by atoms with van der Waals surface area (Å²) >= 11 is 0. The van der Waals surface area contributed by atoms with E-state index in [1.807, 2.05) is 0 Å². The molecule has 1 heterocycles. The van der Waals surface area contributed by atoms with Gasteiger partial charge in [-0.1, -0.05) is 18.2 Å². The van der Waals surface area contributed by atoms with Crippen LogP contribution in [0.2, 0.25) is 0 Å². The minimum absolute atomic E-state index is 0.325. The summed E-state index contributed by atoms with van der Waals surface area (Å²) in [6, 6.07) is 6.34. The molecule has 0 unspecified atom stereocenters. The van der Waals surface area contributed by atoms with E-state index in [0.717, 1.165) is 51.1 Å². The topological polar surface area (TPSA) is 32.7 Å². The molecule has 0 saturated carbocycles. The quantitative estimate of drug-likeness (QED) is 0.782. The number of nitrogens with zero attached hydrogens (tertiary/aromatic N) is 1. The first-order chi connectivity index (χ1) is 10.2. The molecule has 1 aromatic rings. The average Bonchev–Trinajstić information content (AvgIpc) is 2.49. The van der Waals surface area contributed by atoms with Crippen LogP contribution in [0.25, 0.3) is 0 Å². The Hall–Kier alpha value is -1.06. The molecule has 0 bridgehead atoms. The number of para-hydroxylation sites is 1. The van der Waals surface area contributed by atoms with E-state index in [-0.39, 0.29) is 0 Å². The molecule has 0 radical (unpaired) electrons. The van der Waals surface area contributed by atoms with Crippen LogP contribution in [0, 0.1) is 13.8 Å². The smallest absolute Gasteiger partial charge is 0.125 e. The lowest BCUT2D eigenvalue weighted by Gasteiger charge is -2.32. The molecular formula is C18H29NO2. The molecule has 118 valence electrons. The van der Waals surface area contributed by atoms with Gasteiger partial charge < -0.3 is 14.7 Å². The largest absolute Gasteiger partial charge is 0.490 e. The minimum atomic E-state index is 0.325. The molecule has 1 saturated heterocycles. The van der Waals surface area contributed by atoms with Crippen molar-refractivity contribution < 1.29 is 9.84 Å². The molecule has 3 heteroatoms. The molecule has 1 aliphatic rings. The second-order valence-corrected chi connectivity index (χ2v) is 6.16. The Morgan fingerprint density at radius 2 is 1.76 bits per heavy atom. The predicted octanol–water partition coefficient (Wildman–Crippen LogP) is 3.31. The lowest BCUT2D eigenvalue weighted by molar-refractivity contribution is 0.0981. The molecule has 0 aliphatic carbocycles. The van der Waals surface area contributed by atoms with Crippen LogP contribution >= 0.6 is 0 Å². The maximum Gasteiger partial charge on any atom is 0.125 e. The molecule has 1 aliphatic heterocycles. The zero-order valence-electron chi connectivity index (χ0n) is 13.5. The van der Waals surface area contributed by atoms with Gasteiger partial charge in [0.1, 0.15) is 11.9 Å². The molecule has 1 aromatic carbocycles. The molecule has 2 rings (SSSR count). The van der Waals surface area contributed by atoms with Crippen LogP contribution in [0.3, 0.4) is 0 Å². The van der Waals surface area contributed by atoms with Crippen molar-refractivity contribution in [2.45, 2.75) is 52.1 Å². The van der Waals surface area contributed by atoms with Crippen LogP contribution in [0.1, 0.15) is 43.2 Å². The van der Waals surface area contributed by atoms with Crippen molar-refractivity contribution in [2.24, 2.45) is 0 Å². The van der Waals surface area contributed by atoms with Crippen molar-refractivity contribution in [3.63, 3.8) is 0 Å². The van der Waals surface area contributed by atoms with E-state index >= 15 is 0 Å². The Labute approximate surface area is 128 Å². The standard InChI is InChI=1S/C18H29NO2/c1-15-7-6-8-16(2)18(15)21-17-9-12-19(13-10-17)11-4-3-5-14-20/h6-8,17,20H,3-5,9-14H2,1-2H3. The number of aliphatic hydroxyl groups is 1. The van der Waals surface area contributed by atoms with Crippen LogP contribution in [0.5, 0.6) is 5.75 Å². The summed E-state index contributed by atoms with van der Waals surface area (Å²) in [5.41, 5.74) is 2.47. The summed E-state index contributed by atoms with van der Waals surface area (Å²) in [7, 11) is 0. The number of piperidine rings is 1. The summed E-state index contributed by atoms with van der Waals surface area (Å²) in [6.07, 6.45) is 5.87. The molecule has 1 N–H and O–H groups in total. The Bertz CT molecular complexity index is 405. The number of hydrogen-bond acceptors (Lipinski definition) is 3. The van der Waals surface area contributed by atoms with Gasteiger partial charge in [-0.25, -0.2) is 0 Å². The van der Waals surface area contributed by atoms with Gasteiger partial charge in [0.25, 0.3) is 0 Å². The van der Waals surface area contributed by atoms with Crippen molar-refractivity contribution in [3.8, 4) is 5.75 Å². The van der Waals surface area contributed by atoms with Crippen LogP contribution in [-0.4, -0.2) is 42.4 Å². The molecule has 0 spiro atoms. The number of aryl methyl sites for hydroxylation is 2. The van der Waals surface area contributed by atoms with Gasteiger partial charge in [-0.3, -0.25) is 0 Å². The highest BCUT2D eigenvalue weighted by molar-refractivity contribution is 5.39. The third kappa shape index (κ3) is 5.01. The molecule has 0 atom stereocenters. The number of aliphatic hydroxyl groups excluding tert-OH is 1. The number of hydrogen-bond donors (Lipinski definition) is 1. The zero-order valence-corrected chi connectivity index (χ0v) is 13.5. The van der Waals surface area contributed by atoms with E-state index in [4.69, 9.17) is 9.84 Å².